The van der Waals surface area contributed by atoms with Crippen LogP contribution in [0.1, 0.15) is 15.9 Å². The van der Waals surface area contributed by atoms with Gasteiger partial charge in [-0.3, -0.25) is 14.9 Å². The van der Waals surface area contributed by atoms with Crippen molar-refractivity contribution in [3.05, 3.63) is 56.6 Å². The number of nitro groups is 1. The van der Waals surface area contributed by atoms with Gasteiger partial charge in [-0.05, 0) is 30.7 Å². The van der Waals surface area contributed by atoms with E-state index in [-0.39, 0.29) is 28.8 Å². The normalized spacial score (nSPS) is 11.8. The minimum Gasteiger partial charge on any atom is -0.454 e. The van der Waals surface area contributed by atoms with Crippen LogP contribution in [-0.4, -0.2) is 30.2 Å². The van der Waals surface area contributed by atoms with Crippen LogP contribution in [-0.2, 0) is 9.53 Å². The fraction of sp³-hybridized carbons (Fsp3) is 0.176. The summed E-state index contributed by atoms with van der Waals surface area (Å²) in [6.07, 6.45) is 0. The van der Waals surface area contributed by atoms with Crippen molar-refractivity contribution < 1.29 is 28.7 Å². The van der Waals surface area contributed by atoms with Gasteiger partial charge >= 0.3 is 5.97 Å². The van der Waals surface area contributed by atoms with E-state index in [1.165, 1.54) is 24.3 Å². The third-order valence-corrected chi connectivity index (χ3v) is 3.90. The molecule has 2 aromatic rings. The van der Waals surface area contributed by atoms with Crippen LogP contribution in [0.4, 0.5) is 11.4 Å². The zero-order valence-electron chi connectivity index (χ0n) is 14.0. The molecule has 0 aromatic heterocycles. The van der Waals surface area contributed by atoms with Gasteiger partial charge in [0, 0.05) is 6.07 Å². The van der Waals surface area contributed by atoms with Gasteiger partial charge in [-0.2, -0.15) is 0 Å². The minimum absolute atomic E-state index is 0.00864. The van der Waals surface area contributed by atoms with E-state index in [1.807, 2.05) is 0 Å². The highest BCUT2D eigenvalue weighted by Crippen LogP contribution is 2.39. The Bertz CT molecular complexity index is 945. The Balaban J connectivity index is 1.64. The second-order valence-electron chi connectivity index (χ2n) is 5.59. The summed E-state index contributed by atoms with van der Waals surface area (Å²) in [5.41, 5.74) is 0.513. The van der Waals surface area contributed by atoms with E-state index in [4.69, 9.17) is 25.8 Å². The van der Waals surface area contributed by atoms with E-state index in [2.05, 4.69) is 5.32 Å². The zero-order valence-corrected chi connectivity index (χ0v) is 14.7. The van der Waals surface area contributed by atoms with E-state index < -0.39 is 23.4 Å². The third kappa shape index (κ3) is 4.09. The molecule has 0 unspecified atom stereocenters. The van der Waals surface area contributed by atoms with Crippen LogP contribution in [0, 0.1) is 17.0 Å². The summed E-state index contributed by atoms with van der Waals surface area (Å²) in [5.74, 6) is -0.891. The van der Waals surface area contributed by atoms with Crippen molar-refractivity contribution in [2.24, 2.45) is 0 Å². The van der Waals surface area contributed by atoms with Crippen LogP contribution < -0.4 is 14.8 Å². The Labute approximate surface area is 157 Å². The van der Waals surface area contributed by atoms with Gasteiger partial charge in [-0.25, -0.2) is 4.79 Å². The molecule has 9 nitrogen and oxygen atoms in total. The fourth-order valence-electron chi connectivity index (χ4n) is 2.38. The average molecular weight is 393 g/mol. The first kappa shape index (κ1) is 18.5. The minimum atomic E-state index is -0.802. The van der Waals surface area contributed by atoms with Gasteiger partial charge in [0.25, 0.3) is 11.6 Å². The number of esters is 1. The molecule has 27 heavy (non-hydrogen) atoms. The lowest BCUT2D eigenvalue weighted by molar-refractivity contribution is -0.384. The molecule has 0 saturated carbocycles. The molecule has 1 amide bonds. The molecule has 0 atom stereocenters. The molecule has 2 aromatic carbocycles. The molecule has 0 aliphatic carbocycles. The van der Waals surface area contributed by atoms with Crippen LogP contribution in [0.5, 0.6) is 11.5 Å². The number of ether oxygens (including phenoxy) is 3. The molecule has 0 bridgehead atoms. The van der Waals surface area contributed by atoms with Crippen molar-refractivity contribution in [1.29, 1.82) is 0 Å². The van der Waals surface area contributed by atoms with E-state index in [1.54, 1.807) is 13.0 Å². The van der Waals surface area contributed by atoms with Crippen LogP contribution >= 0.6 is 11.6 Å². The summed E-state index contributed by atoms with van der Waals surface area (Å²) in [4.78, 5) is 34.5. The van der Waals surface area contributed by atoms with Crippen LogP contribution in [0.2, 0.25) is 5.02 Å². The molecule has 1 aliphatic rings. The van der Waals surface area contributed by atoms with Crippen molar-refractivity contribution in [2.45, 2.75) is 6.92 Å². The standard InChI is InChI=1S/C17H13ClN2O7/c1-9-2-3-12(13(4-9)20(23)24)19-15(21)7-25-17(22)10-5-11(18)16-14(6-10)26-8-27-16/h2-6H,7-8H2,1H3,(H,19,21). The van der Waals surface area contributed by atoms with Gasteiger partial charge in [0.15, 0.2) is 18.1 Å². The molecule has 1 N–H and O–H groups in total. The Morgan fingerprint density at radius 1 is 1.30 bits per heavy atom. The van der Waals surface area contributed by atoms with Gasteiger partial charge in [-0.15, -0.1) is 0 Å². The maximum Gasteiger partial charge on any atom is 0.338 e. The molecule has 0 fully saturated rings. The number of aryl methyl sites for hydroxylation is 1. The molecule has 3 rings (SSSR count). The van der Waals surface area contributed by atoms with Crippen molar-refractivity contribution in [1.82, 2.24) is 0 Å². The summed E-state index contributed by atoms with van der Waals surface area (Å²) in [6, 6.07) is 7.07. The first-order valence-electron chi connectivity index (χ1n) is 7.66. The average Bonchev–Trinajstić information content (AvgIpc) is 3.10. The number of benzene rings is 2. The van der Waals surface area contributed by atoms with Crippen molar-refractivity contribution in [3.63, 3.8) is 0 Å². The molecule has 0 saturated heterocycles. The van der Waals surface area contributed by atoms with Crippen LogP contribution in [0.25, 0.3) is 0 Å². The summed E-state index contributed by atoms with van der Waals surface area (Å²) in [7, 11) is 0. The quantitative estimate of drug-likeness (QED) is 0.472. The molecule has 1 heterocycles. The van der Waals surface area contributed by atoms with Crippen molar-refractivity contribution in [3.8, 4) is 11.5 Å². The number of fused-ring (bicyclic) bond motifs is 1. The Kier molecular flexibility index (Phi) is 5.13. The number of nitro benzene ring substituents is 1. The second kappa shape index (κ2) is 7.50. The largest absolute Gasteiger partial charge is 0.454 e. The van der Waals surface area contributed by atoms with Gasteiger partial charge in [0.05, 0.1) is 15.5 Å². The van der Waals surface area contributed by atoms with Gasteiger partial charge < -0.3 is 19.5 Å². The number of hydrogen-bond donors (Lipinski definition) is 1. The van der Waals surface area contributed by atoms with Crippen molar-refractivity contribution in [2.75, 3.05) is 18.7 Å². The number of halogens is 1. The smallest absolute Gasteiger partial charge is 0.338 e. The van der Waals surface area contributed by atoms with Gasteiger partial charge in [-0.1, -0.05) is 17.7 Å². The predicted octanol–water partition coefficient (Wildman–Crippen LogP) is 3.08. The first-order valence-corrected chi connectivity index (χ1v) is 8.04. The lowest BCUT2D eigenvalue weighted by Gasteiger charge is -2.08. The number of amides is 1. The van der Waals surface area contributed by atoms with E-state index in [9.17, 15) is 19.7 Å². The van der Waals surface area contributed by atoms with Crippen LogP contribution in [0.15, 0.2) is 30.3 Å². The number of carbonyl (C=O) groups is 2. The number of nitrogens with zero attached hydrogens (tertiary/aromatic N) is 1. The Hall–Kier alpha value is -3.33. The third-order valence-electron chi connectivity index (χ3n) is 3.62. The van der Waals surface area contributed by atoms with Gasteiger partial charge in [0.1, 0.15) is 5.69 Å². The first-order chi connectivity index (χ1) is 12.8. The monoisotopic (exact) mass is 392 g/mol. The number of nitrogens with one attached hydrogen (secondary N) is 1. The summed E-state index contributed by atoms with van der Waals surface area (Å²) >= 11 is 5.99. The lowest BCUT2D eigenvalue weighted by Crippen LogP contribution is -2.21. The molecule has 0 spiro atoms. The highest BCUT2D eigenvalue weighted by atomic mass is 35.5. The van der Waals surface area contributed by atoms with E-state index >= 15 is 0 Å². The second-order valence-corrected chi connectivity index (χ2v) is 6.00. The number of rotatable bonds is 5. The lowest BCUT2D eigenvalue weighted by atomic mass is 10.2. The maximum absolute atomic E-state index is 12.1. The van der Waals surface area contributed by atoms with Gasteiger partial charge in [0.2, 0.25) is 6.79 Å². The van der Waals surface area contributed by atoms with E-state index in [0.717, 1.165) is 0 Å². The van der Waals surface area contributed by atoms with Crippen LogP contribution in [0.3, 0.4) is 0 Å². The molecular weight excluding hydrogens is 380 g/mol. The van der Waals surface area contributed by atoms with Crippen molar-refractivity contribution >= 4 is 34.9 Å². The summed E-state index contributed by atoms with van der Waals surface area (Å²) in [6.45, 7) is 1.05. The van der Waals surface area contributed by atoms with E-state index in [0.29, 0.717) is 17.1 Å². The number of anilines is 1. The predicted molar refractivity (Wildman–Crippen MR) is 94.3 cm³/mol. The highest BCUT2D eigenvalue weighted by molar-refractivity contribution is 6.32. The number of hydrogen-bond acceptors (Lipinski definition) is 7. The molecular formula is C17H13ClN2O7. The Morgan fingerprint density at radius 3 is 2.81 bits per heavy atom. The maximum atomic E-state index is 12.1. The molecule has 0 radical (unpaired) electrons. The zero-order chi connectivity index (χ0) is 19.6. The SMILES string of the molecule is Cc1ccc(NC(=O)COC(=O)c2cc(Cl)c3c(c2)OCO3)c([N+](=O)[O-])c1. The number of carbonyl (C=O) groups excluding carboxylic acids is 2. The Morgan fingerprint density at radius 2 is 2.07 bits per heavy atom. The highest BCUT2D eigenvalue weighted by Gasteiger charge is 2.22. The summed E-state index contributed by atoms with van der Waals surface area (Å²) in [5, 5.41) is 13.6. The molecule has 140 valence electrons. The fourth-order valence-corrected chi connectivity index (χ4v) is 2.65. The molecule has 1 aliphatic heterocycles. The molecule has 10 heteroatoms. The summed E-state index contributed by atoms with van der Waals surface area (Å²) < 4.78 is 15.2. The topological polar surface area (TPSA) is 117 Å².